The number of aromatic nitrogens is 1. The van der Waals surface area contributed by atoms with Crippen molar-refractivity contribution in [1.82, 2.24) is 10.3 Å². The van der Waals surface area contributed by atoms with Gasteiger partial charge in [-0.1, -0.05) is 37.6 Å². The van der Waals surface area contributed by atoms with Gasteiger partial charge < -0.3 is 15.4 Å². The van der Waals surface area contributed by atoms with Crippen LogP contribution < -0.4 is 15.4 Å². The molecule has 0 aliphatic rings. The van der Waals surface area contributed by atoms with Gasteiger partial charge in [-0.2, -0.15) is 0 Å². The van der Waals surface area contributed by atoms with Crippen LogP contribution >= 0.6 is 22.9 Å². The smallest absolute Gasteiger partial charge is 0.263 e. The van der Waals surface area contributed by atoms with Crippen LogP contribution in [0.15, 0.2) is 48.5 Å². The van der Waals surface area contributed by atoms with Crippen LogP contribution in [0.1, 0.15) is 39.8 Å². The molecule has 0 atom stereocenters. The molecule has 0 radical (unpaired) electrons. The first-order valence-corrected chi connectivity index (χ1v) is 11.0. The van der Waals surface area contributed by atoms with Gasteiger partial charge in [-0.3, -0.25) is 9.59 Å². The van der Waals surface area contributed by atoms with Crippen LogP contribution in [0.25, 0.3) is 0 Å². The first-order valence-electron chi connectivity index (χ1n) is 9.84. The molecule has 1 aromatic heterocycles. The molecule has 162 valence electrons. The van der Waals surface area contributed by atoms with Gasteiger partial charge in [0.1, 0.15) is 22.2 Å². The molecule has 0 fully saturated rings. The van der Waals surface area contributed by atoms with Crippen LogP contribution in [-0.2, 0) is 17.9 Å². The fourth-order valence-electron chi connectivity index (χ4n) is 2.71. The van der Waals surface area contributed by atoms with E-state index < -0.39 is 0 Å². The number of aryl methyl sites for hydroxylation is 1. The van der Waals surface area contributed by atoms with Crippen molar-refractivity contribution in [3.05, 3.63) is 74.7 Å². The maximum absolute atomic E-state index is 12.6. The molecule has 0 aliphatic heterocycles. The summed E-state index contributed by atoms with van der Waals surface area (Å²) in [5.41, 5.74) is 2.26. The Bertz CT molecular complexity index is 1060. The van der Waals surface area contributed by atoms with Gasteiger partial charge in [-0.05, 0) is 48.9 Å². The molecule has 3 aromatic rings. The van der Waals surface area contributed by atoms with Crippen molar-refractivity contribution < 1.29 is 14.3 Å². The summed E-state index contributed by atoms with van der Waals surface area (Å²) in [6.07, 6.45) is 0. The number of hydrogen-bond acceptors (Lipinski definition) is 5. The maximum Gasteiger partial charge on any atom is 0.263 e. The molecule has 6 nitrogen and oxygen atoms in total. The zero-order chi connectivity index (χ0) is 22.4. The quantitative estimate of drug-likeness (QED) is 0.486. The Labute approximate surface area is 190 Å². The second-order valence-electron chi connectivity index (χ2n) is 7.29. The Kier molecular flexibility index (Phi) is 7.65. The number of carbonyl (C=O) groups is 2. The highest BCUT2D eigenvalue weighted by molar-refractivity contribution is 7.13. The Hall–Kier alpha value is -2.90. The van der Waals surface area contributed by atoms with Gasteiger partial charge >= 0.3 is 0 Å². The van der Waals surface area contributed by atoms with Gasteiger partial charge in [0.05, 0.1) is 5.69 Å². The van der Waals surface area contributed by atoms with E-state index >= 15 is 0 Å². The summed E-state index contributed by atoms with van der Waals surface area (Å²) in [6, 6.07) is 14.5. The van der Waals surface area contributed by atoms with Crippen LogP contribution in [0.5, 0.6) is 5.75 Å². The zero-order valence-corrected chi connectivity index (χ0v) is 19.1. The van der Waals surface area contributed by atoms with Crippen molar-refractivity contribution in [2.75, 3.05) is 5.32 Å². The van der Waals surface area contributed by atoms with Crippen molar-refractivity contribution in [2.24, 2.45) is 5.92 Å². The second-order valence-corrected chi connectivity index (χ2v) is 8.81. The average molecular weight is 458 g/mol. The number of hydrogen-bond donors (Lipinski definition) is 2. The fraction of sp³-hybridized carbons (Fsp3) is 0.261. The van der Waals surface area contributed by atoms with E-state index in [1.54, 1.807) is 31.2 Å². The molecule has 31 heavy (non-hydrogen) atoms. The van der Waals surface area contributed by atoms with E-state index in [9.17, 15) is 9.59 Å². The SMILES string of the molecule is Cc1nc(COc2ccc(Cl)cc2)sc1C(=O)NCc1cccc(NC(=O)C(C)C)c1. The lowest BCUT2D eigenvalue weighted by Crippen LogP contribution is -2.23. The molecule has 0 spiro atoms. The minimum atomic E-state index is -0.190. The highest BCUT2D eigenvalue weighted by Gasteiger charge is 2.16. The maximum atomic E-state index is 12.6. The van der Waals surface area contributed by atoms with E-state index in [2.05, 4.69) is 15.6 Å². The minimum absolute atomic E-state index is 0.0465. The normalized spacial score (nSPS) is 10.7. The molecule has 0 unspecified atom stereocenters. The molecule has 3 rings (SSSR count). The van der Waals surface area contributed by atoms with Gasteiger partial charge in [0.25, 0.3) is 5.91 Å². The molecule has 0 saturated carbocycles. The van der Waals surface area contributed by atoms with Crippen LogP contribution in [0.4, 0.5) is 5.69 Å². The molecular weight excluding hydrogens is 434 g/mol. The van der Waals surface area contributed by atoms with Crippen molar-refractivity contribution in [3.63, 3.8) is 0 Å². The number of anilines is 1. The number of carbonyl (C=O) groups excluding carboxylic acids is 2. The summed E-state index contributed by atoms with van der Waals surface area (Å²) >= 11 is 7.18. The van der Waals surface area contributed by atoms with Crippen molar-refractivity contribution in [1.29, 1.82) is 0 Å². The predicted octanol–water partition coefficient (Wildman–Crippen LogP) is 5.21. The van der Waals surface area contributed by atoms with Gasteiger partial charge in [-0.15, -0.1) is 11.3 Å². The van der Waals surface area contributed by atoms with Crippen molar-refractivity contribution >= 4 is 40.4 Å². The zero-order valence-electron chi connectivity index (χ0n) is 17.6. The van der Waals surface area contributed by atoms with Crippen LogP contribution in [0.2, 0.25) is 5.02 Å². The summed E-state index contributed by atoms with van der Waals surface area (Å²) in [6.45, 7) is 6.10. The van der Waals surface area contributed by atoms with E-state index in [1.807, 2.05) is 38.1 Å². The predicted molar refractivity (Wildman–Crippen MR) is 124 cm³/mol. The van der Waals surface area contributed by atoms with Crippen LogP contribution in [0.3, 0.4) is 0 Å². The monoisotopic (exact) mass is 457 g/mol. The van der Waals surface area contributed by atoms with Gasteiger partial charge in [0.15, 0.2) is 0 Å². The summed E-state index contributed by atoms with van der Waals surface area (Å²) < 4.78 is 5.71. The first kappa shape index (κ1) is 22.8. The summed E-state index contributed by atoms with van der Waals surface area (Å²) in [5.74, 6) is 0.349. The molecule has 0 bridgehead atoms. The summed E-state index contributed by atoms with van der Waals surface area (Å²) in [7, 11) is 0. The number of ether oxygens (including phenoxy) is 1. The third kappa shape index (κ3) is 6.54. The lowest BCUT2D eigenvalue weighted by atomic mass is 10.1. The highest BCUT2D eigenvalue weighted by Crippen LogP contribution is 2.22. The first-order chi connectivity index (χ1) is 14.8. The number of thiazole rings is 1. The topological polar surface area (TPSA) is 80.3 Å². The van der Waals surface area contributed by atoms with Crippen LogP contribution in [-0.4, -0.2) is 16.8 Å². The van der Waals surface area contributed by atoms with E-state index in [4.69, 9.17) is 16.3 Å². The minimum Gasteiger partial charge on any atom is -0.486 e. The van der Waals surface area contributed by atoms with Gasteiger partial charge in [0, 0.05) is 23.2 Å². The van der Waals surface area contributed by atoms with Crippen molar-refractivity contribution in [3.8, 4) is 5.75 Å². The Morgan fingerprint density at radius 2 is 1.90 bits per heavy atom. The molecule has 2 N–H and O–H groups in total. The van der Waals surface area contributed by atoms with E-state index in [-0.39, 0.29) is 24.3 Å². The van der Waals surface area contributed by atoms with E-state index in [0.29, 0.717) is 33.6 Å². The summed E-state index contributed by atoms with van der Waals surface area (Å²) in [5, 5.41) is 7.14. The number of halogens is 1. The molecule has 8 heteroatoms. The standard InChI is InChI=1S/C23H24ClN3O3S/c1-14(2)22(28)27-18-6-4-5-16(11-18)12-25-23(29)21-15(3)26-20(31-21)13-30-19-9-7-17(24)8-10-19/h4-11,14H,12-13H2,1-3H3,(H,25,29)(H,27,28). The van der Waals surface area contributed by atoms with E-state index in [1.165, 1.54) is 11.3 Å². The lowest BCUT2D eigenvalue weighted by molar-refractivity contribution is -0.118. The largest absolute Gasteiger partial charge is 0.486 e. The summed E-state index contributed by atoms with van der Waals surface area (Å²) in [4.78, 5) is 29.5. The fourth-order valence-corrected chi connectivity index (χ4v) is 3.73. The third-order valence-corrected chi connectivity index (χ3v) is 5.78. The Morgan fingerprint density at radius 1 is 1.16 bits per heavy atom. The van der Waals surface area contributed by atoms with E-state index in [0.717, 1.165) is 10.6 Å². The lowest BCUT2D eigenvalue weighted by Gasteiger charge is -2.10. The Morgan fingerprint density at radius 3 is 2.61 bits per heavy atom. The second kappa shape index (κ2) is 10.4. The number of amides is 2. The molecule has 0 aliphatic carbocycles. The van der Waals surface area contributed by atoms with Crippen LogP contribution in [0, 0.1) is 12.8 Å². The number of benzene rings is 2. The number of rotatable bonds is 8. The highest BCUT2D eigenvalue weighted by atomic mass is 35.5. The van der Waals surface area contributed by atoms with Gasteiger partial charge in [0.2, 0.25) is 5.91 Å². The molecule has 2 aromatic carbocycles. The third-order valence-electron chi connectivity index (χ3n) is 4.40. The van der Waals surface area contributed by atoms with Crippen molar-refractivity contribution in [2.45, 2.75) is 33.9 Å². The number of nitrogens with one attached hydrogen (secondary N) is 2. The molecular formula is C23H24ClN3O3S. The number of nitrogens with zero attached hydrogens (tertiary/aromatic N) is 1. The molecule has 0 saturated heterocycles. The van der Waals surface area contributed by atoms with Gasteiger partial charge in [-0.25, -0.2) is 4.98 Å². The Balaban J connectivity index is 1.57. The molecule has 1 heterocycles. The average Bonchev–Trinajstić information content (AvgIpc) is 3.12. The molecule has 2 amide bonds.